The molecule has 0 saturated carbocycles. The van der Waals surface area contributed by atoms with Gasteiger partial charge < -0.3 is 20.5 Å². The van der Waals surface area contributed by atoms with Gasteiger partial charge in [-0.25, -0.2) is 4.79 Å². The summed E-state index contributed by atoms with van der Waals surface area (Å²) in [5, 5.41) is 3.29. The van der Waals surface area contributed by atoms with Gasteiger partial charge in [0.2, 0.25) is 0 Å². The van der Waals surface area contributed by atoms with Crippen LogP contribution in [0.4, 0.5) is 5.00 Å². The van der Waals surface area contributed by atoms with Crippen LogP contribution < -0.4 is 11.1 Å². The van der Waals surface area contributed by atoms with E-state index in [0.29, 0.717) is 23.7 Å². The van der Waals surface area contributed by atoms with E-state index in [1.807, 2.05) is 0 Å². The van der Waals surface area contributed by atoms with Crippen LogP contribution in [0.1, 0.15) is 27.2 Å². The van der Waals surface area contributed by atoms with Crippen LogP contribution in [0.5, 0.6) is 0 Å². The maximum absolute atomic E-state index is 11.9. The SMILES string of the molecule is COC(=O)c1c(NC(=O)COCCN)sc2c1CCC2. The highest BCUT2D eigenvalue weighted by molar-refractivity contribution is 7.17. The predicted octanol–water partition coefficient (Wildman–Crippen LogP) is 0.937. The number of anilines is 1. The van der Waals surface area contributed by atoms with Gasteiger partial charge in [-0.15, -0.1) is 11.3 Å². The normalized spacial score (nSPS) is 13.1. The molecular weight excluding hydrogens is 280 g/mol. The zero-order valence-electron chi connectivity index (χ0n) is 11.4. The Bertz CT molecular complexity index is 513. The number of rotatable bonds is 6. The van der Waals surface area contributed by atoms with Crippen molar-refractivity contribution >= 4 is 28.2 Å². The first-order valence-electron chi connectivity index (χ1n) is 6.48. The number of fused-ring (bicyclic) bond motifs is 1. The Morgan fingerprint density at radius 3 is 2.90 bits per heavy atom. The number of thiophene rings is 1. The van der Waals surface area contributed by atoms with Gasteiger partial charge in [-0.05, 0) is 24.8 Å². The van der Waals surface area contributed by atoms with Crippen molar-refractivity contribution in [1.82, 2.24) is 0 Å². The van der Waals surface area contributed by atoms with Gasteiger partial charge in [0.25, 0.3) is 5.91 Å². The Labute approximate surface area is 121 Å². The number of carbonyl (C=O) groups excluding carboxylic acids is 2. The van der Waals surface area contributed by atoms with Crippen LogP contribution in [0.2, 0.25) is 0 Å². The van der Waals surface area contributed by atoms with E-state index in [0.717, 1.165) is 29.7 Å². The third kappa shape index (κ3) is 3.17. The van der Waals surface area contributed by atoms with Gasteiger partial charge in [0, 0.05) is 11.4 Å². The van der Waals surface area contributed by atoms with Crippen LogP contribution >= 0.6 is 11.3 Å². The lowest BCUT2D eigenvalue weighted by atomic mass is 10.1. The Hall–Kier alpha value is -1.44. The minimum atomic E-state index is -0.400. The maximum atomic E-state index is 11.9. The average molecular weight is 298 g/mol. The molecule has 110 valence electrons. The maximum Gasteiger partial charge on any atom is 0.341 e. The lowest BCUT2D eigenvalue weighted by Gasteiger charge is -2.07. The van der Waals surface area contributed by atoms with E-state index in [-0.39, 0.29) is 12.5 Å². The quantitative estimate of drug-likeness (QED) is 0.602. The molecule has 1 heterocycles. The molecule has 0 unspecified atom stereocenters. The molecule has 0 fully saturated rings. The molecule has 0 bridgehead atoms. The fourth-order valence-electron chi connectivity index (χ4n) is 2.22. The number of hydrogen-bond acceptors (Lipinski definition) is 6. The van der Waals surface area contributed by atoms with Crippen molar-refractivity contribution in [2.75, 3.05) is 32.2 Å². The lowest BCUT2D eigenvalue weighted by molar-refractivity contribution is -0.120. The first-order chi connectivity index (χ1) is 9.67. The minimum absolute atomic E-state index is 0.0691. The molecule has 1 amide bonds. The van der Waals surface area contributed by atoms with Crippen molar-refractivity contribution < 1.29 is 19.1 Å². The van der Waals surface area contributed by atoms with Gasteiger partial charge in [-0.1, -0.05) is 0 Å². The summed E-state index contributed by atoms with van der Waals surface area (Å²) in [6.07, 6.45) is 2.85. The van der Waals surface area contributed by atoms with E-state index in [1.54, 1.807) is 0 Å². The number of nitrogens with one attached hydrogen (secondary N) is 1. The number of amides is 1. The fraction of sp³-hybridized carbons (Fsp3) is 0.538. The molecule has 1 aromatic rings. The highest BCUT2D eigenvalue weighted by Gasteiger charge is 2.27. The number of nitrogens with two attached hydrogens (primary N) is 1. The second-order valence-corrected chi connectivity index (χ2v) is 5.55. The van der Waals surface area contributed by atoms with E-state index in [1.165, 1.54) is 18.4 Å². The molecule has 6 nitrogen and oxygen atoms in total. The van der Waals surface area contributed by atoms with E-state index < -0.39 is 5.97 Å². The van der Waals surface area contributed by atoms with Crippen LogP contribution in [-0.2, 0) is 27.1 Å². The van der Waals surface area contributed by atoms with Gasteiger partial charge in [0.1, 0.15) is 11.6 Å². The van der Waals surface area contributed by atoms with Gasteiger partial charge in [-0.2, -0.15) is 0 Å². The largest absolute Gasteiger partial charge is 0.465 e. The molecule has 0 saturated heterocycles. The molecule has 0 atom stereocenters. The molecule has 0 spiro atoms. The Morgan fingerprint density at radius 2 is 2.20 bits per heavy atom. The predicted molar refractivity (Wildman–Crippen MR) is 76.2 cm³/mol. The standard InChI is InChI=1S/C13H18N2O4S/c1-18-13(17)11-8-3-2-4-9(8)20-12(11)15-10(16)7-19-6-5-14/h2-7,14H2,1H3,(H,15,16). The summed E-state index contributed by atoms with van der Waals surface area (Å²) >= 11 is 1.45. The summed E-state index contributed by atoms with van der Waals surface area (Å²) in [6, 6.07) is 0. The minimum Gasteiger partial charge on any atom is -0.465 e. The molecule has 0 radical (unpaired) electrons. The van der Waals surface area contributed by atoms with Crippen LogP contribution in [0.15, 0.2) is 0 Å². The molecular formula is C13H18N2O4S. The highest BCUT2D eigenvalue weighted by Crippen LogP contribution is 2.39. The van der Waals surface area contributed by atoms with Crippen LogP contribution in [-0.4, -0.2) is 38.7 Å². The molecule has 0 aliphatic heterocycles. The van der Waals surface area contributed by atoms with Gasteiger partial charge in [0.15, 0.2) is 0 Å². The van der Waals surface area contributed by atoms with E-state index in [4.69, 9.17) is 15.2 Å². The monoisotopic (exact) mass is 298 g/mol. The third-order valence-corrected chi connectivity index (χ3v) is 4.27. The zero-order valence-corrected chi connectivity index (χ0v) is 12.2. The molecule has 0 aromatic carbocycles. The topological polar surface area (TPSA) is 90.6 Å². The first kappa shape index (κ1) is 15.0. The number of hydrogen-bond donors (Lipinski definition) is 2. The van der Waals surface area contributed by atoms with E-state index in [2.05, 4.69) is 5.32 Å². The van der Waals surface area contributed by atoms with Crippen molar-refractivity contribution in [2.24, 2.45) is 5.73 Å². The van der Waals surface area contributed by atoms with Crippen molar-refractivity contribution in [3.63, 3.8) is 0 Å². The summed E-state index contributed by atoms with van der Waals surface area (Å²) < 4.78 is 9.88. The number of ether oxygens (including phenoxy) is 2. The zero-order chi connectivity index (χ0) is 14.5. The summed E-state index contributed by atoms with van der Waals surface area (Å²) in [5.74, 6) is -0.689. The summed E-state index contributed by atoms with van der Waals surface area (Å²) in [5.41, 5.74) is 6.79. The van der Waals surface area contributed by atoms with Crippen LogP contribution in [0.25, 0.3) is 0 Å². The van der Waals surface area contributed by atoms with Crippen molar-refractivity contribution in [2.45, 2.75) is 19.3 Å². The highest BCUT2D eigenvalue weighted by atomic mass is 32.1. The molecule has 1 aliphatic carbocycles. The third-order valence-electron chi connectivity index (χ3n) is 3.06. The number of methoxy groups -OCH3 is 1. The van der Waals surface area contributed by atoms with E-state index in [9.17, 15) is 9.59 Å². The van der Waals surface area contributed by atoms with Crippen LogP contribution in [0, 0.1) is 0 Å². The molecule has 1 aliphatic rings. The van der Waals surface area contributed by atoms with Crippen LogP contribution in [0.3, 0.4) is 0 Å². The molecule has 1 aromatic heterocycles. The molecule has 7 heteroatoms. The van der Waals surface area contributed by atoms with E-state index >= 15 is 0 Å². The molecule has 2 rings (SSSR count). The number of carbonyl (C=O) groups is 2. The lowest BCUT2D eigenvalue weighted by Crippen LogP contribution is -2.21. The van der Waals surface area contributed by atoms with Crippen molar-refractivity contribution in [3.05, 3.63) is 16.0 Å². The Kier molecular flexibility index (Phi) is 5.11. The fourth-order valence-corrected chi connectivity index (χ4v) is 3.51. The average Bonchev–Trinajstić information content (AvgIpc) is 2.98. The first-order valence-corrected chi connectivity index (χ1v) is 7.29. The summed E-state index contributed by atoms with van der Waals surface area (Å²) in [4.78, 5) is 24.8. The summed E-state index contributed by atoms with van der Waals surface area (Å²) in [7, 11) is 1.34. The van der Waals surface area contributed by atoms with Gasteiger partial charge in [0.05, 0.1) is 19.3 Å². The second kappa shape index (κ2) is 6.83. The molecule has 3 N–H and O–H groups in total. The Balaban J connectivity index is 2.11. The second-order valence-electron chi connectivity index (χ2n) is 4.44. The van der Waals surface area contributed by atoms with Crippen molar-refractivity contribution in [1.29, 1.82) is 0 Å². The van der Waals surface area contributed by atoms with Gasteiger partial charge in [-0.3, -0.25) is 4.79 Å². The summed E-state index contributed by atoms with van der Waals surface area (Å²) in [6.45, 7) is 0.632. The smallest absolute Gasteiger partial charge is 0.341 e. The number of aryl methyl sites for hydroxylation is 1. The number of esters is 1. The van der Waals surface area contributed by atoms with Gasteiger partial charge >= 0.3 is 5.97 Å². The van der Waals surface area contributed by atoms with Crippen molar-refractivity contribution in [3.8, 4) is 0 Å². The molecule has 20 heavy (non-hydrogen) atoms. The Morgan fingerprint density at radius 1 is 1.40 bits per heavy atom.